The molecule has 18 heavy (non-hydrogen) atoms. The van der Waals surface area contributed by atoms with Gasteiger partial charge in [-0.15, -0.1) is 11.3 Å². The second kappa shape index (κ2) is 4.60. The summed E-state index contributed by atoms with van der Waals surface area (Å²) in [6.07, 6.45) is 2.33. The average molecular weight is 269 g/mol. The van der Waals surface area contributed by atoms with Gasteiger partial charge in [-0.3, -0.25) is 4.98 Å². The zero-order valence-corrected chi connectivity index (χ0v) is 12.1. The van der Waals surface area contributed by atoms with E-state index in [9.17, 15) is 10.1 Å². The van der Waals surface area contributed by atoms with Crippen LogP contribution in [-0.2, 0) is 4.65 Å². The smallest absolute Gasteiger partial charge is 0.422 e. The standard InChI is InChI=1S/C12H20BNO3S/c1-11(2,15)12(3,4)17-13(16)10-9(8-5-6-8)18-7-14-10/h7-8,15-16H,5-6H2,1-4H3. The van der Waals surface area contributed by atoms with E-state index < -0.39 is 18.3 Å². The Bertz CT molecular complexity index is 423. The number of thiazole rings is 1. The molecule has 1 aromatic rings. The van der Waals surface area contributed by atoms with Crippen LogP contribution in [0.3, 0.4) is 0 Å². The molecule has 0 aromatic carbocycles. The highest BCUT2D eigenvalue weighted by atomic mass is 32.1. The van der Waals surface area contributed by atoms with Crippen LogP contribution in [-0.4, -0.2) is 33.4 Å². The summed E-state index contributed by atoms with van der Waals surface area (Å²) in [6, 6.07) is 0. The quantitative estimate of drug-likeness (QED) is 0.790. The summed E-state index contributed by atoms with van der Waals surface area (Å²) in [5, 5.41) is 20.2. The van der Waals surface area contributed by atoms with Gasteiger partial charge >= 0.3 is 7.12 Å². The van der Waals surface area contributed by atoms with Crippen LogP contribution >= 0.6 is 11.3 Å². The Hall–Kier alpha value is -0.425. The van der Waals surface area contributed by atoms with Gasteiger partial charge in [0.05, 0.1) is 22.3 Å². The molecule has 1 aromatic heterocycles. The van der Waals surface area contributed by atoms with Crippen LogP contribution in [0, 0.1) is 0 Å². The van der Waals surface area contributed by atoms with Gasteiger partial charge in [-0.2, -0.15) is 0 Å². The molecule has 0 saturated heterocycles. The predicted octanol–water partition coefficient (Wildman–Crippen LogP) is 1.27. The van der Waals surface area contributed by atoms with E-state index in [2.05, 4.69) is 4.98 Å². The van der Waals surface area contributed by atoms with Crippen LogP contribution in [0.2, 0.25) is 0 Å². The Balaban J connectivity index is 2.12. The lowest BCUT2D eigenvalue weighted by Gasteiger charge is -2.38. The number of aliphatic hydroxyl groups is 1. The molecule has 0 atom stereocenters. The third-order valence-electron chi connectivity index (χ3n) is 3.69. The molecule has 2 N–H and O–H groups in total. The van der Waals surface area contributed by atoms with Gasteiger partial charge in [-0.05, 0) is 46.5 Å². The molecule has 0 bridgehead atoms. The molecule has 2 rings (SSSR count). The van der Waals surface area contributed by atoms with Gasteiger partial charge in [0.15, 0.2) is 0 Å². The van der Waals surface area contributed by atoms with E-state index >= 15 is 0 Å². The Labute approximate surface area is 112 Å². The van der Waals surface area contributed by atoms with Gasteiger partial charge < -0.3 is 14.8 Å². The van der Waals surface area contributed by atoms with Crippen LogP contribution < -0.4 is 5.59 Å². The summed E-state index contributed by atoms with van der Waals surface area (Å²) in [6.45, 7) is 6.86. The van der Waals surface area contributed by atoms with E-state index in [0.717, 1.165) is 17.7 Å². The first-order valence-corrected chi connectivity index (χ1v) is 7.12. The maximum absolute atomic E-state index is 10.2. The fourth-order valence-electron chi connectivity index (χ4n) is 1.58. The van der Waals surface area contributed by atoms with Crippen LogP contribution in [0.1, 0.15) is 51.3 Å². The summed E-state index contributed by atoms with van der Waals surface area (Å²) < 4.78 is 5.61. The first kappa shape index (κ1) is 14.0. The van der Waals surface area contributed by atoms with Crippen LogP contribution in [0.15, 0.2) is 5.51 Å². The molecule has 0 radical (unpaired) electrons. The van der Waals surface area contributed by atoms with Crippen molar-refractivity contribution >= 4 is 24.0 Å². The van der Waals surface area contributed by atoms with E-state index in [1.54, 1.807) is 44.5 Å². The molecule has 1 heterocycles. The SMILES string of the molecule is CC(C)(O)C(C)(C)OB(O)c1ncsc1C1CC1. The molecular formula is C12H20BNO3S. The van der Waals surface area contributed by atoms with Crippen LogP contribution in [0.4, 0.5) is 0 Å². The maximum atomic E-state index is 10.2. The van der Waals surface area contributed by atoms with E-state index in [1.807, 2.05) is 0 Å². The van der Waals surface area contributed by atoms with Gasteiger partial charge in [0.25, 0.3) is 0 Å². The molecule has 100 valence electrons. The third kappa shape index (κ3) is 2.77. The summed E-state index contributed by atoms with van der Waals surface area (Å²) >= 11 is 1.57. The normalized spacial score (nSPS) is 17.0. The highest BCUT2D eigenvalue weighted by Crippen LogP contribution is 2.41. The van der Waals surface area contributed by atoms with E-state index in [1.165, 1.54) is 0 Å². The Morgan fingerprint density at radius 3 is 2.50 bits per heavy atom. The Morgan fingerprint density at radius 1 is 1.39 bits per heavy atom. The second-order valence-electron chi connectivity index (χ2n) is 5.92. The average Bonchev–Trinajstić information content (AvgIpc) is 2.93. The number of nitrogens with zero attached hydrogens (tertiary/aromatic N) is 1. The minimum atomic E-state index is -1.08. The zero-order valence-electron chi connectivity index (χ0n) is 11.3. The van der Waals surface area contributed by atoms with Crippen molar-refractivity contribution in [2.45, 2.75) is 57.7 Å². The minimum Gasteiger partial charge on any atom is -0.422 e. The number of rotatable bonds is 5. The van der Waals surface area contributed by atoms with Crippen LogP contribution in [0.25, 0.3) is 0 Å². The third-order valence-corrected chi connectivity index (χ3v) is 4.69. The number of hydrogen-bond donors (Lipinski definition) is 2. The summed E-state index contributed by atoms with van der Waals surface area (Å²) in [7, 11) is -1.08. The van der Waals surface area contributed by atoms with Gasteiger partial charge in [-0.1, -0.05) is 0 Å². The minimum absolute atomic E-state index is 0.538. The molecule has 1 fully saturated rings. The lowest BCUT2D eigenvalue weighted by Crippen LogP contribution is -2.53. The molecule has 0 spiro atoms. The molecule has 1 aliphatic carbocycles. The molecule has 6 heteroatoms. The van der Waals surface area contributed by atoms with E-state index in [-0.39, 0.29) is 0 Å². The van der Waals surface area contributed by atoms with Gasteiger partial charge in [-0.25, -0.2) is 0 Å². The van der Waals surface area contributed by atoms with Crippen molar-refractivity contribution < 1.29 is 14.8 Å². The second-order valence-corrected chi connectivity index (χ2v) is 6.80. The summed E-state index contributed by atoms with van der Waals surface area (Å²) in [4.78, 5) is 5.32. The largest absolute Gasteiger partial charge is 0.512 e. The molecule has 0 aliphatic heterocycles. The van der Waals surface area contributed by atoms with Crippen molar-refractivity contribution in [3.05, 3.63) is 10.4 Å². The monoisotopic (exact) mass is 269 g/mol. The Kier molecular flexibility index (Phi) is 3.57. The first-order chi connectivity index (χ1) is 8.22. The molecule has 1 aliphatic rings. The van der Waals surface area contributed by atoms with Crippen molar-refractivity contribution in [1.29, 1.82) is 0 Å². The van der Waals surface area contributed by atoms with Gasteiger partial charge in [0.2, 0.25) is 0 Å². The van der Waals surface area contributed by atoms with Crippen molar-refractivity contribution in [3.63, 3.8) is 0 Å². The Morgan fingerprint density at radius 2 is 2.00 bits per heavy atom. The van der Waals surface area contributed by atoms with Gasteiger partial charge in [0, 0.05) is 4.88 Å². The molecule has 0 amide bonds. The molecule has 4 nitrogen and oxygen atoms in total. The lowest BCUT2D eigenvalue weighted by molar-refractivity contribution is -0.0983. The fraction of sp³-hybridized carbons (Fsp3) is 0.750. The van der Waals surface area contributed by atoms with Crippen molar-refractivity contribution in [2.75, 3.05) is 0 Å². The fourth-order valence-corrected chi connectivity index (χ4v) is 2.56. The van der Waals surface area contributed by atoms with Crippen molar-refractivity contribution in [3.8, 4) is 0 Å². The van der Waals surface area contributed by atoms with Crippen molar-refractivity contribution in [1.82, 2.24) is 4.98 Å². The maximum Gasteiger partial charge on any atom is 0.512 e. The topological polar surface area (TPSA) is 62.6 Å². The summed E-state index contributed by atoms with van der Waals surface area (Å²) in [5.41, 5.74) is 0.465. The van der Waals surface area contributed by atoms with Crippen molar-refractivity contribution in [2.24, 2.45) is 0 Å². The number of aromatic nitrogens is 1. The lowest BCUT2D eigenvalue weighted by atomic mass is 9.79. The zero-order chi connectivity index (χ0) is 13.6. The molecule has 0 unspecified atom stereocenters. The molecular weight excluding hydrogens is 249 g/mol. The van der Waals surface area contributed by atoms with E-state index in [0.29, 0.717) is 11.5 Å². The first-order valence-electron chi connectivity index (χ1n) is 6.24. The molecule has 1 saturated carbocycles. The van der Waals surface area contributed by atoms with E-state index in [4.69, 9.17) is 4.65 Å². The number of hydrogen-bond acceptors (Lipinski definition) is 5. The highest BCUT2D eigenvalue weighted by molar-refractivity contribution is 7.11. The summed E-state index contributed by atoms with van der Waals surface area (Å²) in [5.74, 6) is 0.538. The highest BCUT2D eigenvalue weighted by Gasteiger charge is 2.42. The predicted molar refractivity (Wildman–Crippen MR) is 73.2 cm³/mol. The van der Waals surface area contributed by atoms with Crippen LogP contribution in [0.5, 0.6) is 0 Å². The van der Waals surface area contributed by atoms with Gasteiger partial charge in [0.1, 0.15) is 0 Å².